The van der Waals surface area contributed by atoms with Gasteiger partial charge in [0, 0.05) is 16.1 Å². The van der Waals surface area contributed by atoms with Crippen molar-refractivity contribution < 1.29 is 9.53 Å². The van der Waals surface area contributed by atoms with Crippen molar-refractivity contribution >= 4 is 35.0 Å². The molecule has 0 aliphatic rings. The Hall–Kier alpha value is -1.72. The van der Waals surface area contributed by atoms with E-state index in [2.05, 4.69) is 9.72 Å². The number of rotatable bonds is 3. The molecule has 0 saturated heterocycles. The van der Waals surface area contributed by atoms with E-state index in [0.29, 0.717) is 21.3 Å². The molecule has 0 bridgehead atoms. The molecule has 1 heterocycles. The van der Waals surface area contributed by atoms with Crippen molar-refractivity contribution in [2.45, 2.75) is 9.92 Å². The molecule has 0 radical (unpaired) electrons. The first-order valence-electron chi connectivity index (χ1n) is 5.38. The van der Waals surface area contributed by atoms with Gasteiger partial charge in [-0.1, -0.05) is 29.4 Å². The first kappa shape index (κ1) is 13.7. The smallest absolute Gasteiger partial charge is 0.340 e. The molecule has 0 amide bonds. The summed E-state index contributed by atoms with van der Waals surface area (Å²) in [4.78, 5) is 16.6. The summed E-state index contributed by atoms with van der Waals surface area (Å²) in [6.07, 6.45) is 1.52. The van der Waals surface area contributed by atoms with E-state index in [9.17, 15) is 4.79 Å². The standard InChI is InChI=1S/C13H11ClN2O2S/c1-18-13(17)10-5-6-16-12(11(10)15)19-9-4-2-3-8(14)7-9/h2-7H,15H2,1H3. The number of aromatic nitrogens is 1. The van der Waals surface area contributed by atoms with Gasteiger partial charge in [-0.25, -0.2) is 9.78 Å². The molecule has 2 N–H and O–H groups in total. The number of benzene rings is 1. The predicted molar refractivity (Wildman–Crippen MR) is 75.6 cm³/mol. The minimum Gasteiger partial charge on any atom is -0.465 e. The summed E-state index contributed by atoms with van der Waals surface area (Å²) in [5.74, 6) is -0.479. The zero-order valence-electron chi connectivity index (χ0n) is 10.1. The van der Waals surface area contributed by atoms with Gasteiger partial charge < -0.3 is 10.5 Å². The Bertz CT molecular complexity index is 619. The maximum Gasteiger partial charge on any atom is 0.340 e. The number of methoxy groups -OCH3 is 1. The van der Waals surface area contributed by atoms with Gasteiger partial charge in [-0.15, -0.1) is 0 Å². The highest BCUT2D eigenvalue weighted by Crippen LogP contribution is 2.33. The first-order valence-corrected chi connectivity index (χ1v) is 6.57. The molecule has 1 aromatic heterocycles. The van der Waals surface area contributed by atoms with Gasteiger partial charge in [-0.3, -0.25) is 0 Å². The van der Waals surface area contributed by atoms with Gasteiger partial charge in [-0.2, -0.15) is 0 Å². The second kappa shape index (κ2) is 5.95. The number of hydrogen-bond donors (Lipinski definition) is 1. The number of nitrogen functional groups attached to an aromatic ring is 1. The molecule has 0 unspecified atom stereocenters. The summed E-state index contributed by atoms with van der Waals surface area (Å²) < 4.78 is 4.66. The summed E-state index contributed by atoms with van der Waals surface area (Å²) in [5, 5.41) is 1.18. The van der Waals surface area contributed by atoms with Gasteiger partial charge in [0.1, 0.15) is 5.03 Å². The van der Waals surface area contributed by atoms with E-state index in [0.717, 1.165) is 4.90 Å². The molecule has 1 aromatic carbocycles. The number of carbonyl (C=O) groups excluding carboxylic acids is 1. The highest BCUT2D eigenvalue weighted by molar-refractivity contribution is 7.99. The van der Waals surface area contributed by atoms with Gasteiger partial charge in [0.05, 0.1) is 18.4 Å². The summed E-state index contributed by atoms with van der Waals surface area (Å²) >= 11 is 7.26. The fourth-order valence-corrected chi connectivity index (χ4v) is 2.61. The molecule has 2 rings (SSSR count). The van der Waals surface area contributed by atoms with Crippen LogP contribution in [0, 0.1) is 0 Å². The van der Waals surface area contributed by atoms with Crippen LogP contribution in [0.4, 0.5) is 5.69 Å². The number of nitrogens with two attached hydrogens (primary N) is 1. The van der Waals surface area contributed by atoms with Crippen molar-refractivity contribution in [1.29, 1.82) is 0 Å². The average molecular weight is 295 g/mol. The molecule has 0 fully saturated rings. The lowest BCUT2D eigenvalue weighted by Crippen LogP contribution is -2.07. The number of nitrogens with zero attached hydrogens (tertiary/aromatic N) is 1. The van der Waals surface area contributed by atoms with E-state index >= 15 is 0 Å². The van der Waals surface area contributed by atoms with Gasteiger partial charge in [0.25, 0.3) is 0 Å². The zero-order chi connectivity index (χ0) is 13.8. The van der Waals surface area contributed by atoms with Crippen LogP contribution in [-0.4, -0.2) is 18.1 Å². The highest BCUT2D eigenvalue weighted by Gasteiger charge is 2.14. The topological polar surface area (TPSA) is 65.2 Å². The molecule has 6 heteroatoms. The Labute approximate surface area is 119 Å². The normalized spacial score (nSPS) is 10.2. The zero-order valence-corrected chi connectivity index (χ0v) is 11.7. The van der Waals surface area contributed by atoms with Crippen molar-refractivity contribution in [3.05, 3.63) is 47.1 Å². The second-order valence-corrected chi connectivity index (χ2v) is 5.13. The Morgan fingerprint density at radius 2 is 2.21 bits per heavy atom. The van der Waals surface area contributed by atoms with E-state index in [1.807, 2.05) is 12.1 Å². The quantitative estimate of drug-likeness (QED) is 0.880. The largest absolute Gasteiger partial charge is 0.465 e. The third-order valence-electron chi connectivity index (χ3n) is 2.37. The maximum absolute atomic E-state index is 11.5. The first-order chi connectivity index (χ1) is 9.11. The molecule has 19 heavy (non-hydrogen) atoms. The number of hydrogen-bond acceptors (Lipinski definition) is 5. The van der Waals surface area contributed by atoms with Crippen LogP contribution in [0.2, 0.25) is 5.02 Å². The Balaban J connectivity index is 2.33. The minimum absolute atomic E-state index is 0.305. The van der Waals surface area contributed by atoms with Crippen LogP contribution in [0.25, 0.3) is 0 Å². The molecule has 0 spiro atoms. The number of carbonyl (C=O) groups is 1. The number of esters is 1. The number of halogens is 1. The summed E-state index contributed by atoms with van der Waals surface area (Å²) in [5.41, 5.74) is 6.54. The molecule has 0 saturated carbocycles. The summed E-state index contributed by atoms with van der Waals surface area (Å²) in [6.45, 7) is 0. The lowest BCUT2D eigenvalue weighted by Gasteiger charge is -2.08. The Morgan fingerprint density at radius 1 is 1.42 bits per heavy atom. The number of anilines is 1. The van der Waals surface area contributed by atoms with Crippen LogP contribution >= 0.6 is 23.4 Å². The maximum atomic E-state index is 11.5. The third kappa shape index (κ3) is 3.19. The fraction of sp³-hybridized carbons (Fsp3) is 0.0769. The molecule has 4 nitrogen and oxygen atoms in total. The van der Waals surface area contributed by atoms with Crippen molar-refractivity contribution in [3.63, 3.8) is 0 Å². The van der Waals surface area contributed by atoms with Gasteiger partial charge in [0.15, 0.2) is 0 Å². The van der Waals surface area contributed by atoms with Crippen molar-refractivity contribution in [2.24, 2.45) is 0 Å². The molecule has 98 valence electrons. The van der Waals surface area contributed by atoms with Gasteiger partial charge in [0.2, 0.25) is 0 Å². The summed E-state index contributed by atoms with van der Waals surface area (Å²) in [7, 11) is 1.31. The molecule has 0 aliphatic carbocycles. The lowest BCUT2D eigenvalue weighted by atomic mass is 10.2. The predicted octanol–water partition coefficient (Wildman–Crippen LogP) is 3.26. The van der Waals surface area contributed by atoms with Crippen LogP contribution in [0.15, 0.2) is 46.5 Å². The highest BCUT2D eigenvalue weighted by atomic mass is 35.5. The SMILES string of the molecule is COC(=O)c1ccnc(Sc2cccc(Cl)c2)c1N. The molecule has 0 atom stereocenters. The van der Waals surface area contributed by atoms with Gasteiger partial charge in [-0.05, 0) is 24.3 Å². The van der Waals surface area contributed by atoms with Crippen LogP contribution in [0.3, 0.4) is 0 Å². The molecule has 2 aromatic rings. The Morgan fingerprint density at radius 3 is 2.89 bits per heavy atom. The van der Waals surface area contributed by atoms with E-state index in [4.69, 9.17) is 17.3 Å². The molecular weight excluding hydrogens is 284 g/mol. The average Bonchev–Trinajstić information content (AvgIpc) is 2.40. The monoisotopic (exact) mass is 294 g/mol. The van der Waals surface area contributed by atoms with Crippen LogP contribution in [-0.2, 0) is 4.74 Å². The van der Waals surface area contributed by atoms with Crippen LogP contribution < -0.4 is 5.73 Å². The number of ether oxygens (including phenoxy) is 1. The lowest BCUT2D eigenvalue weighted by molar-refractivity contribution is 0.0601. The van der Waals surface area contributed by atoms with E-state index in [-0.39, 0.29) is 0 Å². The van der Waals surface area contributed by atoms with E-state index in [1.165, 1.54) is 31.1 Å². The van der Waals surface area contributed by atoms with Crippen molar-refractivity contribution in [1.82, 2.24) is 4.98 Å². The number of pyridine rings is 1. The molecular formula is C13H11ClN2O2S. The fourth-order valence-electron chi connectivity index (χ4n) is 1.47. The third-order valence-corrected chi connectivity index (χ3v) is 3.61. The second-order valence-electron chi connectivity index (χ2n) is 3.63. The Kier molecular flexibility index (Phi) is 4.29. The van der Waals surface area contributed by atoms with Crippen LogP contribution in [0.5, 0.6) is 0 Å². The molecule has 0 aliphatic heterocycles. The van der Waals surface area contributed by atoms with Gasteiger partial charge >= 0.3 is 5.97 Å². The van der Waals surface area contributed by atoms with Crippen molar-refractivity contribution in [3.8, 4) is 0 Å². The van der Waals surface area contributed by atoms with E-state index < -0.39 is 5.97 Å². The van der Waals surface area contributed by atoms with Crippen molar-refractivity contribution in [2.75, 3.05) is 12.8 Å². The van der Waals surface area contributed by atoms with Crippen LogP contribution in [0.1, 0.15) is 10.4 Å². The van der Waals surface area contributed by atoms with E-state index in [1.54, 1.807) is 12.1 Å². The summed E-state index contributed by atoms with van der Waals surface area (Å²) in [6, 6.07) is 8.85. The minimum atomic E-state index is -0.479.